The number of hydrogen-bond donors (Lipinski definition) is 0. The lowest BCUT2D eigenvalue weighted by atomic mass is 9.82. The third-order valence-electron chi connectivity index (χ3n) is 6.74. The smallest absolute Gasteiger partial charge is 0.275 e. The number of aromatic nitrogens is 1. The van der Waals surface area contributed by atoms with Gasteiger partial charge < -0.3 is 14.1 Å². The van der Waals surface area contributed by atoms with E-state index in [0.29, 0.717) is 24.1 Å². The molecule has 0 bridgehead atoms. The van der Waals surface area contributed by atoms with Crippen molar-refractivity contribution in [2.24, 2.45) is 5.92 Å². The lowest BCUT2D eigenvalue weighted by Gasteiger charge is -2.37. The average molecular weight is 444 g/mol. The molecule has 1 aliphatic heterocycles. The highest BCUT2D eigenvalue weighted by Crippen LogP contribution is 2.42. The van der Waals surface area contributed by atoms with E-state index in [1.165, 1.54) is 24.8 Å². The molecule has 7 heteroatoms. The Bertz CT molecular complexity index is 930. The Kier molecular flexibility index (Phi) is 5.93. The molecule has 166 valence electrons. The third kappa shape index (κ3) is 4.75. The highest BCUT2D eigenvalue weighted by atomic mass is 35.5. The number of carbonyl (C=O) groups is 1. The molecule has 2 aromatic rings. The zero-order chi connectivity index (χ0) is 21.4. The van der Waals surface area contributed by atoms with Crippen LogP contribution in [0, 0.1) is 5.92 Å². The standard InChI is InChI=1S/C24H30ClN3O3/c1-27(24(29)22-23(17-4-5-17)30-15-26-22)13-16-10-20(11-16)31-19-7-6-18(21(25)12-19)14-28-8-2-3-9-28/h6-7,12,15-17,20H,2-5,8-11,13-14H2,1H3. The van der Waals surface area contributed by atoms with E-state index in [4.69, 9.17) is 20.8 Å². The van der Waals surface area contributed by atoms with Crippen molar-refractivity contribution in [1.82, 2.24) is 14.8 Å². The second kappa shape index (κ2) is 8.83. The molecule has 1 amide bonds. The summed E-state index contributed by atoms with van der Waals surface area (Å²) in [6, 6.07) is 6.07. The van der Waals surface area contributed by atoms with Gasteiger partial charge in [0, 0.05) is 31.1 Å². The van der Waals surface area contributed by atoms with E-state index in [-0.39, 0.29) is 12.0 Å². The maximum absolute atomic E-state index is 12.8. The molecule has 31 heavy (non-hydrogen) atoms. The molecule has 1 saturated heterocycles. The van der Waals surface area contributed by atoms with Crippen LogP contribution in [-0.4, -0.2) is 53.5 Å². The van der Waals surface area contributed by atoms with Crippen LogP contribution in [0.4, 0.5) is 0 Å². The molecule has 0 N–H and O–H groups in total. The lowest BCUT2D eigenvalue weighted by molar-refractivity contribution is 0.0416. The van der Waals surface area contributed by atoms with Gasteiger partial charge in [-0.25, -0.2) is 4.98 Å². The van der Waals surface area contributed by atoms with Crippen molar-refractivity contribution >= 4 is 17.5 Å². The topological polar surface area (TPSA) is 58.8 Å². The minimum Gasteiger partial charge on any atom is -0.490 e. The summed E-state index contributed by atoms with van der Waals surface area (Å²) in [4.78, 5) is 21.1. The number of halogens is 1. The van der Waals surface area contributed by atoms with Crippen LogP contribution in [0.1, 0.15) is 66.3 Å². The van der Waals surface area contributed by atoms with E-state index in [1.807, 2.05) is 19.2 Å². The summed E-state index contributed by atoms with van der Waals surface area (Å²) in [5.74, 6) is 2.38. The van der Waals surface area contributed by atoms with Crippen LogP contribution in [0.3, 0.4) is 0 Å². The van der Waals surface area contributed by atoms with E-state index in [1.54, 1.807) is 4.90 Å². The quantitative estimate of drug-likeness (QED) is 0.590. The van der Waals surface area contributed by atoms with E-state index >= 15 is 0 Å². The highest BCUT2D eigenvalue weighted by molar-refractivity contribution is 6.31. The molecule has 3 aliphatic rings. The Hall–Kier alpha value is -2.05. The summed E-state index contributed by atoms with van der Waals surface area (Å²) in [5.41, 5.74) is 1.65. The minimum atomic E-state index is -0.0413. The van der Waals surface area contributed by atoms with Gasteiger partial charge in [-0.15, -0.1) is 0 Å². The number of likely N-dealkylation sites (tertiary alicyclic amines) is 1. The average Bonchev–Trinajstić information content (AvgIpc) is 3.23. The number of hydrogen-bond acceptors (Lipinski definition) is 5. The molecule has 5 rings (SSSR count). The molecule has 6 nitrogen and oxygen atoms in total. The van der Waals surface area contributed by atoms with Gasteiger partial charge in [0.15, 0.2) is 12.1 Å². The Morgan fingerprint density at radius 2 is 2.06 bits per heavy atom. The molecule has 0 spiro atoms. The third-order valence-corrected chi connectivity index (χ3v) is 7.09. The summed E-state index contributed by atoms with van der Waals surface area (Å²) in [5, 5.41) is 0.782. The van der Waals surface area contributed by atoms with Crippen LogP contribution in [0.25, 0.3) is 0 Å². The molecule has 1 aromatic heterocycles. The van der Waals surface area contributed by atoms with Gasteiger partial charge >= 0.3 is 0 Å². The second-order valence-electron chi connectivity index (χ2n) is 9.34. The highest BCUT2D eigenvalue weighted by Gasteiger charge is 2.36. The molecule has 0 atom stereocenters. The van der Waals surface area contributed by atoms with Crippen molar-refractivity contribution in [3.05, 3.63) is 46.6 Å². The van der Waals surface area contributed by atoms with Gasteiger partial charge in [0.25, 0.3) is 5.91 Å². The van der Waals surface area contributed by atoms with E-state index in [9.17, 15) is 4.79 Å². The summed E-state index contributed by atoms with van der Waals surface area (Å²) >= 11 is 6.51. The summed E-state index contributed by atoms with van der Waals surface area (Å²) in [6.45, 7) is 3.95. The Labute approximate surface area is 188 Å². The number of rotatable bonds is 8. The SMILES string of the molecule is CN(CC1CC(Oc2ccc(CN3CCCC3)c(Cl)c2)C1)C(=O)c1ncoc1C1CC1. The van der Waals surface area contributed by atoms with Crippen molar-refractivity contribution in [3.8, 4) is 5.75 Å². The van der Waals surface area contributed by atoms with Crippen LogP contribution >= 0.6 is 11.6 Å². The van der Waals surface area contributed by atoms with Gasteiger partial charge in [0.05, 0.1) is 6.10 Å². The zero-order valence-electron chi connectivity index (χ0n) is 18.1. The predicted octanol–water partition coefficient (Wildman–Crippen LogP) is 4.73. The normalized spacial score (nSPS) is 23.5. The van der Waals surface area contributed by atoms with E-state index in [2.05, 4.69) is 16.0 Å². The fourth-order valence-corrected chi connectivity index (χ4v) is 4.96. The molecule has 3 fully saturated rings. The van der Waals surface area contributed by atoms with Gasteiger partial charge in [-0.05, 0) is 75.2 Å². The van der Waals surface area contributed by atoms with Crippen LogP contribution < -0.4 is 4.74 Å². The Balaban J connectivity index is 1.09. The van der Waals surface area contributed by atoms with Gasteiger partial charge in [-0.2, -0.15) is 0 Å². The van der Waals surface area contributed by atoms with Gasteiger partial charge in [0.2, 0.25) is 0 Å². The maximum Gasteiger partial charge on any atom is 0.275 e. The molecule has 0 unspecified atom stereocenters. The first kappa shape index (κ1) is 20.8. The largest absolute Gasteiger partial charge is 0.490 e. The Morgan fingerprint density at radius 3 is 2.77 bits per heavy atom. The number of oxazole rings is 1. The first-order chi connectivity index (χ1) is 15.1. The van der Waals surface area contributed by atoms with Crippen molar-refractivity contribution in [3.63, 3.8) is 0 Å². The first-order valence-electron chi connectivity index (χ1n) is 11.4. The fraction of sp³-hybridized carbons (Fsp3) is 0.583. The van der Waals surface area contributed by atoms with Crippen molar-refractivity contribution < 1.29 is 13.9 Å². The number of carbonyl (C=O) groups excluding carboxylic acids is 1. The lowest BCUT2D eigenvalue weighted by Crippen LogP contribution is -2.42. The predicted molar refractivity (Wildman–Crippen MR) is 119 cm³/mol. The molecular weight excluding hydrogens is 414 g/mol. The number of benzene rings is 1. The van der Waals surface area contributed by atoms with Gasteiger partial charge in [0.1, 0.15) is 11.5 Å². The number of nitrogens with zero attached hydrogens (tertiary/aromatic N) is 3. The number of amides is 1. The molecule has 1 aromatic carbocycles. The van der Waals surface area contributed by atoms with Gasteiger partial charge in [-0.3, -0.25) is 9.69 Å². The monoisotopic (exact) mass is 443 g/mol. The molecule has 2 heterocycles. The van der Waals surface area contributed by atoms with E-state index in [0.717, 1.165) is 61.8 Å². The van der Waals surface area contributed by atoms with Crippen molar-refractivity contribution in [2.45, 2.75) is 57.1 Å². The summed E-state index contributed by atoms with van der Waals surface area (Å²) in [7, 11) is 1.85. The minimum absolute atomic E-state index is 0.0413. The van der Waals surface area contributed by atoms with Crippen LogP contribution in [0.2, 0.25) is 5.02 Å². The van der Waals surface area contributed by atoms with Crippen LogP contribution in [0.15, 0.2) is 29.0 Å². The van der Waals surface area contributed by atoms with Crippen LogP contribution in [-0.2, 0) is 6.54 Å². The second-order valence-corrected chi connectivity index (χ2v) is 9.75. The maximum atomic E-state index is 12.8. The molecule has 2 aliphatic carbocycles. The molecular formula is C24H30ClN3O3. The van der Waals surface area contributed by atoms with Crippen molar-refractivity contribution in [1.29, 1.82) is 0 Å². The summed E-state index contributed by atoms with van der Waals surface area (Å²) < 4.78 is 11.6. The molecule has 0 radical (unpaired) electrons. The van der Waals surface area contributed by atoms with E-state index < -0.39 is 0 Å². The zero-order valence-corrected chi connectivity index (χ0v) is 18.8. The summed E-state index contributed by atoms with van der Waals surface area (Å²) in [6.07, 6.45) is 8.20. The van der Waals surface area contributed by atoms with Gasteiger partial charge in [-0.1, -0.05) is 17.7 Å². The van der Waals surface area contributed by atoms with Crippen LogP contribution in [0.5, 0.6) is 5.75 Å². The first-order valence-corrected chi connectivity index (χ1v) is 11.8. The van der Waals surface area contributed by atoms with Crippen molar-refractivity contribution in [2.75, 3.05) is 26.7 Å². The Morgan fingerprint density at radius 1 is 1.29 bits per heavy atom. The fourth-order valence-electron chi connectivity index (χ4n) is 4.73. The number of ether oxygens (including phenoxy) is 1. The molecule has 2 saturated carbocycles.